The minimum absolute atomic E-state index is 0.103. The Morgan fingerprint density at radius 3 is 2.68 bits per heavy atom. The van der Waals surface area contributed by atoms with E-state index in [0.717, 1.165) is 49.8 Å². The van der Waals surface area contributed by atoms with Crippen molar-refractivity contribution in [3.05, 3.63) is 72.7 Å². The molecule has 0 bridgehead atoms. The number of hydrogen-bond acceptors (Lipinski definition) is 6. The van der Waals surface area contributed by atoms with E-state index < -0.39 is 11.9 Å². The molecular weight excluding hydrogens is 478 g/mol. The van der Waals surface area contributed by atoms with Crippen LogP contribution in [0.1, 0.15) is 47.4 Å². The molecule has 0 saturated heterocycles. The minimum atomic E-state index is -0.404. The van der Waals surface area contributed by atoms with E-state index >= 15 is 0 Å². The normalized spacial score (nSPS) is 18.6. The van der Waals surface area contributed by atoms with Crippen LogP contribution in [0.4, 0.5) is 0 Å². The van der Waals surface area contributed by atoms with Gasteiger partial charge in [-0.05, 0) is 57.0 Å². The van der Waals surface area contributed by atoms with Gasteiger partial charge in [-0.2, -0.15) is 0 Å². The van der Waals surface area contributed by atoms with E-state index in [9.17, 15) is 9.59 Å². The smallest absolute Gasteiger partial charge is 0.336 e. The predicted molar refractivity (Wildman–Crippen MR) is 124 cm³/mol. The molecule has 1 atom stereocenters. The van der Waals surface area contributed by atoms with Crippen molar-refractivity contribution in [2.75, 3.05) is 7.11 Å². The Hall–Kier alpha value is -2.38. The van der Waals surface area contributed by atoms with Crippen LogP contribution in [0, 0.1) is 6.92 Å². The lowest BCUT2D eigenvalue weighted by molar-refractivity contribution is -0.136. The van der Waals surface area contributed by atoms with Crippen molar-refractivity contribution in [3.8, 4) is 5.75 Å². The molecule has 0 unspecified atom stereocenters. The second kappa shape index (κ2) is 9.01. The molecule has 0 saturated carbocycles. The Morgan fingerprint density at radius 2 is 1.97 bits per heavy atom. The highest BCUT2D eigenvalue weighted by molar-refractivity contribution is 9.10. The fourth-order valence-electron chi connectivity index (χ4n) is 4.17. The third-order valence-electron chi connectivity index (χ3n) is 5.71. The van der Waals surface area contributed by atoms with Crippen LogP contribution < -0.4 is 10.1 Å². The summed E-state index contributed by atoms with van der Waals surface area (Å²) in [5.41, 5.74) is 3.96. The summed E-state index contributed by atoms with van der Waals surface area (Å²) in [6.07, 6.45) is 2.15. The van der Waals surface area contributed by atoms with E-state index in [-0.39, 0.29) is 5.78 Å². The van der Waals surface area contributed by atoms with Crippen LogP contribution in [0.15, 0.2) is 57.3 Å². The van der Waals surface area contributed by atoms with Gasteiger partial charge in [0.15, 0.2) is 5.78 Å². The van der Waals surface area contributed by atoms with Gasteiger partial charge in [-0.25, -0.2) is 4.79 Å². The summed E-state index contributed by atoms with van der Waals surface area (Å²) >= 11 is 5.03. The van der Waals surface area contributed by atoms with Crippen LogP contribution in [0.5, 0.6) is 5.75 Å². The van der Waals surface area contributed by atoms with E-state index in [1.807, 2.05) is 38.1 Å². The maximum absolute atomic E-state index is 12.9. The number of dihydropyridines is 1. The third kappa shape index (κ3) is 4.34. The summed E-state index contributed by atoms with van der Waals surface area (Å²) < 4.78 is 12.0. The van der Waals surface area contributed by atoms with Crippen molar-refractivity contribution in [2.24, 2.45) is 0 Å². The Morgan fingerprint density at radius 1 is 1.23 bits per heavy atom. The maximum atomic E-state index is 12.9. The number of aryl methyl sites for hydroxylation is 1. The Labute approximate surface area is 194 Å². The van der Waals surface area contributed by atoms with Crippen molar-refractivity contribution in [1.82, 2.24) is 5.32 Å². The molecular formula is C24H24BrNO4S. The molecule has 0 amide bonds. The summed E-state index contributed by atoms with van der Waals surface area (Å²) in [5.74, 6) is 0.0855. The SMILES string of the molecule is COC(=O)C1=C(C)NC2=C(C(=O)CCC2)[C@@H]1c1cc(COc2ccc(Br)cc2)c(C)s1. The average Bonchev–Trinajstić information content (AvgIpc) is 3.12. The summed E-state index contributed by atoms with van der Waals surface area (Å²) in [5, 5.41) is 3.30. The molecule has 1 N–H and O–H groups in total. The largest absolute Gasteiger partial charge is 0.489 e. The first-order chi connectivity index (χ1) is 14.9. The van der Waals surface area contributed by atoms with E-state index in [1.54, 1.807) is 11.3 Å². The molecule has 0 spiro atoms. The first-order valence-electron chi connectivity index (χ1n) is 10.2. The summed E-state index contributed by atoms with van der Waals surface area (Å²) in [4.78, 5) is 27.7. The fraction of sp³-hybridized carbons (Fsp3) is 0.333. The van der Waals surface area contributed by atoms with Gasteiger partial charge in [-0.15, -0.1) is 11.3 Å². The first kappa shape index (κ1) is 21.8. The maximum Gasteiger partial charge on any atom is 0.336 e. The van der Waals surface area contributed by atoms with Gasteiger partial charge in [-0.3, -0.25) is 4.79 Å². The average molecular weight is 502 g/mol. The Balaban J connectivity index is 1.69. The van der Waals surface area contributed by atoms with Gasteiger partial charge in [0.05, 0.1) is 18.6 Å². The van der Waals surface area contributed by atoms with Gasteiger partial charge in [-0.1, -0.05) is 15.9 Å². The highest BCUT2D eigenvalue weighted by Crippen LogP contribution is 2.45. The number of esters is 1. The van der Waals surface area contributed by atoms with Crippen LogP contribution in [-0.2, 0) is 20.9 Å². The zero-order valence-corrected chi connectivity index (χ0v) is 20.1. The lowest BCUT2D eigenvalue weighted by Crippen LogP contribution is -2.33. The monoisotopic (exact) mass is 501 g/mol. The minimum Gasteiger partial charge on any atom is -0.489 e. The number of rotatable bonds is 5. The molecule has 2 aliphatic rings. The Kier molecular flexibility index (Phi) is 6.34. The van der Waals surface area contributed by atoms with E-state index in [4.69, 9.17) is 9.47 Å². The molecule has 7 heteroatoms. The molecule has 1 aliphatic heterocycles. The van der Waals surface area contributed by atoms with Gasteiger partial charge < -0.3 is 14.8 Å². The number of ether oxygens (including phenoxy) is 2. The number of allylic oxidation sites excluding steroid dienone is 3. The number of nitrogens with one attached hydrogen (secondary N) is 1. The standard InChI is InChI=1S/C24H24BrNO4S/c1-13-21(24(28)29-3)23(22-18(26-13)5-4-6-19(22)27)20-11-15(14(2)31-20)12-30-17-9-7-16(25)8-10-17/h7-11,23,26H,4-6,12H2,1-3H3/t23-/m1/s1. The molecule has 1 aromatic heterocycles. The van der Waals surface area contributed by atoms with Crippen molar-refractivity contribution in [2.45, 2.75) is 45.6 Å². The number of benzene rings is 1. The number of hydrogen-bond donors (Lipinski definition) is 1. The quantitative estimate of drug-likeness (QED) is 0.544. The number of methoxy groups -OCH3 is 1. The number of halogens is 1. The van der Waals surface area contributed by atoms with Gasteiger partial charge in [0.2, 0.25) is 0 Å². The highest BCUT2D eigenvalue weighted by atomic mass is 79.9. The Bertz CT molecular complexity index is 1100. The molecule has 5 nitrogen and oxygen atoms in total. The van der Waals surface area contributed by atoms with Gasteiger partial charge in [0, 0.05) is 43.2 Å². The van der Waals surface area contributed by atoms with Crippen molar-refractivity contribution in [1.29, 1.82) is 0 Å². The van der Waals surface area contributed by atoms with Gasteiger partial charge in [0.1, 0.15) is 12.4 Å². The lowest BCUT2D eigenvalue weighted by atomic mass is 9.78. The van der Waals surface area contributed by atoms with Crippen LogP contribution in [0.3, 0.4) is 0 Å². The fourth-order valence-corrected chi connectivity index (χ4v) is 5.59. The summed E-state index contributed by atoms with van der Waals surface area (Å²) in [6, 6.07) is 9.78. The van der Waals surface area contributed by atoms with Crippen molar-refractivity contribution < 1.29 is 19.1 Å². The topological polar surface area (TPSA) is 64.6 Å². The molecule has 4 rings (SSSR count). The third-order valence-corrected chi connectivity index (χ3v) is 7.40. The van der Waals surface area contributed by atoms with Crippen LogP contribution in [0.25, 0.3) is 0 Å². The molecule has 0 radical (unpaired) electrons. The van der Waals surface area contributed by atoms with Crippen LogP contribution in [-0.4, -0.2) is 18.9 Å². The van der Waals surface area contributed by atoms with Crippen molar-refractivity contribution >= 4 is 39.0 Å². The highest BCUT2D eigenvalue weighted by Gasteiger charge is 2.39. The first-order valence-corrected chi connectivity index (χ1v) is 11.8. The molecule has 1 aromatic carbocycles. The molecule has 2 heterocycles. The number of carbonyl (C=O) groups is 2. The summed E-state index contributed by atoms with van der Waals surface area (Å²) in [7, 11) is 1.38. The lowest BCUT2D eigenvalue weighted by Gasteiger charge is -2.33. The molecule has 2 aromatic rings. The summed E-state index contributed by atoms with van der Waals surface area (Å²) in [6.45, 7) is 4.34. The molecule has 162 valence electrons. The van der Waals surface area contributed by atoms with E-state index in [0.29, 0.717) is 24.2 Å². The van der Waals surface area contributed by atoms with E-state index in [2.05, 4.69) is 27.3 Å². The second-order valence-corrected chi connectivity index (χ2v) is 9.93. The second-order valence-electron chi connectivity index (χ2n) is 7.73. The molecule has 0 fully saturated rings. The van der Waals surface area contributed by atoms with Crippen LogP contribution in [0.2, 0.25) is 0 Å². The number of ketones is 1. The molecule has 1 aliphatic carbocycles. The zero-order valence-electron chi connectivity index (χ0n) is 17.7. The molecule has 31 heavy (non-hydrogen) atoms. The number of carbonyl (C=O) groups excluding carboxylic acids is 2. The number of Topliss-reactive ketones (excluding diaryl/α,β-unsaturated/α-hetero) is 1. The van der Waals surface area contributed by atoms with Crippen molar-refractivity contribution in [3.63, 3.8) is 0 Å². The number of thiophene rings is 1. The van der Waals surface area contributed by atoms with Crippen LogP contribution >= 0.6 is 27.3 Å². The van der Waals surface area contributed by atoms with Gasteiger partial charge >= 0.3 is 5.97 Å². The predicted octanol–water partition coefficient (Wildman–Crippen LogP) is 5.54. The van der Waals surface area contributed by atoms with Gasteiger partial charge in [0.25, 0.3) is 0 Å². The zero-order chi connectivity index (χ0) is 22.1. The van der Waals surface area contributed by atoms with E-state index in [1.165, 1.54) is 7.11 Å².